The average molecular weight is 399 g/mol. The second-order valence-electron chi connectivity index (χ2n) is 6.53. The van der Waals surface area contributed by atoms with Crippen molar-refractivity contribution in [3.8, 4) is 17.1 Å². The lowest BCUT2D eigenvalue weighted by atomic mass is 10.2. The molecular weight excluding hydrogens is 375 g/mol. The highest BCUT2D eigenvalue weighted by molar-refractivity contribution is 7.99. The standard InChI is InChI=1S/C21H23FN4OS/c1-3-7-15(2)23-19(27)14-28-21-25-24-20(16-10-12-17(22)13-11-16)26(21)18-8-5-4-6-9-18/h4-6,8-13,15H,3,7,14H2,1-2H3,(H,23,27)/t15-/m1/s1. The van der Waals surface area contributed by atoms with Crippen LogP contribution in [0.3, 0.4) is 0 Å². The number of nitrogens with one attached hydrogen (secondary N) is 1. The summed E-state index contributed by atoms with van der Waals surface area (Å²) in [6, 6.07) is 16.0. The lowest BCUT2D eigenvalue weighted by Crippen LogP contribution is -2.33. The van der Waals surface area contributed by atoms with Gasteiger partial charge >= 0.3 is 0 Å². The van der Waals surface area contributed by atoms with Gasteiger partial charge in [-0.15, -0.1) is 10.2 Å². The van der Waals surface area contributed by atoms with Gasteiger partial charge in [-0.05, 0) is 49.7 Å². The monoisotopic (exact) mass is 398 g/mol. The molecule has 0 unspecified atom stereocenters. The molecule has 0 saturated carbocycles. The summed E-state index contributed by atoms with van der Waals surface area (Å²) in [6.45, 7) is 4.10. The van der Waals surface area contributed by atoms with Crippen LogP contribution in [0.4, 0.5) is 4.39 Å². The normalized spacial score (nSPS) is 12.0. The number of hydrogen-bond acceptors (Lipinski definition) is 4. The summed E-state index contributed by atoms with van der Waals surface area (Å²) < 4.78 is 15.2. The quantitative estimate of drug-likeness (QED) is 0.569. The first-order valence-corrected chi connectivity index (χ1v) is 10.3. The summed E-state index contributed by atoms with van der Waals surface area (Å²) in [4.78, 5) is 12.2. The molecule has 3 rings (SSSR count). The Kier molecular flexibility index (Phi) is 6.81. The SMILES string of the molecule is CCC[C@@H](C)NC(=O)CSc1nnc(-c2ccc(F)cc2)n1-c1ccccc1. The summed E-state index contributed by atoms with van der Waals surface area (Å²) in [5, 5.41) is 12.2. The third-order valence-electron chi connectivity index (χ3n) is 4.21. The van der Waals surface area contributed by atoms with E-state index >= 15 is 0 Å². The maximum atomic E-state index is 13.3. The van der Waals surface area contributed by atoms with E-state index in [0.717, 1.165) is 24.1 Å². The molecule has 1 atom stereocenters. The van der Waals surface area contributed by atoms with Gasteiger partial charge in [-0.2, -0.15) is 0 Å². The number of para-hydroxylation sites is 1. The summed E-state index contributed by atoms with van der Waals surface area (Å²) in [5.41, 5.74) is 1.64. The Labute approximate surface area is 168 Å². The van der Waals surface area contributed by atoms with Crippen molar-refractivity contribution in [2.45, 2.75) is 37.9 Å². The van der Waals surface area contributed by atoms with Crippen molar-refractivity contribution >= 4 is 17.7 Å². The van der Waals surface area contributed by atoms with Crippen molar-refractivity contribution < 1.29 is 9.18 Å². The molecule has 28 heavy (non-hydrogen) atoms. The summed E-state index contributed by atoms with van der Waals surface area (Å²) in [5.74, 6) is 0.523. The lowest BCUT2D eigenvalue weighted by Gasteiger charge is -2.13. The van der Waals surface area contributed by atoms with Crippen LogP contribution in [-0.2, 0) is 4.79 Å². The number of carbonyl (C=O) groups excluding carboxylic acids is 1. The van der Waals surface area contributed by atoms with E-state index in [1.165, 1.54) is 23.9 Å². The number of amides is 1. The van der Waals surface area contributed by atoms with Crippen LogP contribution in [0.25, 0.3) is 17.1 Å². The zero-order valence-corrected chi connectivity index (χ0v) is 16.7. The predicted octanol–water partition coefficient (Wildman–Crippen LogP) is 4.47. The van der Waals surface area contributed by atoms with Gasteiger partial charge in [0, 0.05) is 17.3 Å². The Bertz CT molecular complexity index is 912. The Morgan fingerprint density at radius 1 is 1.14 bits per heavy atom. The minimum Gasteiger partial charge on any atom is -0.353 e. The molecule has 3 aromatic rings. The van der Waals surface area contributed by atoms with Crippen molar-refractivity contribution in [1.29, 1.82) is 0 Å². The van der Waals surface area contributed by atoms with Crippen molar-refractivity contribution in [3.05, 3.63) is 60.4 Å². The molecular formula is C21H23FN4OS. The number of carbonyl (C=O) groups is 1. The van der Waals surface area contributed by atoms with Crippen molar-refractivity contribution in [2.24, 2.45) is 0 Å². The molecule has 0 aliphatic carbocycles. The Morgan fingerprint density at radius 2 is 1.86 bits per heavy atom. The van der Waals surface area contributed by atoms with E-state index in [-0.39, 0.29) is 23.5 Å². The van der Waals surface area contributed by atoms with E-state index < -0.39 is 0 Å². The molecule has 2 aromatic carbocycles. The lowest BCUT2D eigenvalue weighted by molar-refractivity contribution is -0.119. The fraction of sp³-hybridized carbons (Fsp3) is 0.286. The maximum absolute atomic E-state index is 13.3. The average Bonchev–Trinajstić information content (AvgIpc) is 3.12. The Balaban J connectivity index is 1.85. The molecule has 0 bridgehead atoms. The van der Waals surface area contributed by atoms with Gasteiger partial charge in [-0.3, -0.25) is 9.36 Å². The van der Waals surface area contributed by atoms with Gasteiger partial charge in [0.25, 0.3) is 0 Å². The molecule has 1 aromatic heterocycles. The van der Waals surface area contributed by atoms with Crippen LogP contribution >= 0.6 is 11.8 Å². The second-order valence-corrected chi connectivity index (χ2v) is 7.47. The molecule has 7 heteroatoms. The van der Waals surface area contributed by atoms with Crippen LogP contribution in [0, 0.1) is 5.82 Å². The number of rotatable bonds is 8. The molecule has 146 valence electrons. The third kappa shape index (κ3) is 4.98. The molecule has 1 N–H and O–H groups in total. The zero-order valence-electron chi connectivity index (χ0n) is 15.9. The number of nitrogens with zero attached hydrogens (tertiary/aromatic N) is 3. The minimum atomic E-state index is -0.304. The number of aromatic nitrogens is 3. The van der Waals surface area contributed by atoms with Crippen LogP contribution in [0.15, 0.2) is 59.8 Å². The fourth-order valence-electron chi connectivity index (χ4n) is 2.91. The van der Waals surface area contributed by atoms with Gasteiger partial charge < -0.3 is 5.32 Å². The molecule has 0 fully saturated rings. The summed E-state index contributed by atoms with van der Waals surface area (Å²) >= 11 is 1.33. The van der Waals surface area contributed by atoms with Gasteiger partial charge in [0.15, 0.2) is 11.0 Å². The van der Waals surface area contributed by atoms with Crippen LogP contribution in [0.2, 0.25) is 0 Å². The van der Waals surface area contributed by atoms with E-state index in [4.69, 9.17) is 0 Å². The number of benzene rings is 2. The van der Waals surface area contributed by atoms with Crippen LogP contribution in [0.1, 0.15) is 26.7 Å². The van der Waals surface area contributed by atoms with Crippen LogP contribution in [-0.4, -0.2) is 32.5 Å². The Hall–Kier alpha value is -2.67. The third-order valence-corrected chi connectivity index (χ3v) is 5.14. The van der Waals surface area contributed by atoms with E-state index in [1.54, 1.807) is 12.1 Å². The number of hydrogen-bond donors (Lipinski definition) is 1. The van der Waals surface area contributed by atoms with Gasteiger partial charge in [0.2, 0.25) is 5.91 Å². The van der Waals surface area contributed by atoms with Gasteiger partial charge in [0.1, 0.15) is 5.82 Å². The van der Waals surface area contributed by atoms with Gasteiger partial charge in [-0.25, -0.2) is 4.39 Å². The molecule has 1 heterocycles. The summed E-state index contributed by atoms with van der Waals surface area (Å²) in [7, 11) is 0. The number of halogens is 1. The van der Waals surface area contributed by atoms with E-state index in [1.807, 2.05) is 41.8 Å². The molecule has 0 aliphatic rings. The van der Waals surface area contributed by atoms with E-state index in [2.05, 4.69) is 22.4 Å². The van der Waals surface area contributed by atoms with Gasteiger partial charge in [-0.1, -0.05) is 43.3 Å². The van der Waals surface area contributed by atoms with Crippen LogP contribution in [0.5, 0.6) is 0 Å². The minimum absolute atomic E-state index is 0.0307. The first-order valence-electron chi connectivity index (χ1n) is 9.27. The largest absolute Gasteiger partial charge is 0.353 e. The fourth-order valence-corrected chi connectivity index (χ4v) is 3.67. The smallest absolute Gasteiger partial charge is 0.230 e. The Morgan fingerprint density at radius 3 is 2.54 bits per heavy atom. The van der Waals surface area contributed by atoms with Crippen molar-refractivity contribution in [2.75, 3.05) is 5.75 Å². The van der Waals surface area contributed by atoms with Crippen LogP contribution < -0.4 is 5.32 Å². The molecule has 0 spiro atoms. The van der Waals surface area contributed by atoms with Gasteiger partial charge in [0.05, 0.1) is 5.75 Å². The van der Waals surface area contributed by atoms with Crippen molar-refractivity contribution in [1.82, 2.24) is 20.1 Å². The summed E-state index contributed by atoms with van der Waals surface area (Å²) in [6.07, 6.45) is 1.98. The molecule has 5 nitrogen and oxygen atoms in total. The highest BCUT2D eigenvalue weighted by Gasteiger charge is 2.17. The van der Waals surface area contributed by atoms with E-state index in [9.17, 15) is 9.18 Å². The highest BCUT2D eigenvalue weighted by Crippen LogP contribution is 2.28. The van der Waals surface area contributed by atoms with Crippen molar-refractivity contribution in [3.63, 3.8) is 0 Å². The maximum Gasteiger partial charge on any atom is 0.230 e. The highest BCUT2D eigenvalue weighted by atomic mass is 32.2. The molecule has 0 radical (unpaired) electrons. The predicted molar refractivity (Wildman–Crippen MR) is 110 cm³/mol. The second kappa shape index (κ2) is 9.50. The molecule has 1 amide bonds. The first kappa shape index (κ1) is 20.1. The molecule has 0 aliphatic heterocycles. The van der Waals surface area contributed by atoms with E-state index in [0.29, 0.717) is 11.0 Å². The molecule has 0 saturated heterocycles. The number of thioether (sulfide) groups is 1. The first-order chi connectivity index (χ1) is 13.6. The zero-order chi connectivity index (χ0) is 19.9. The topological polar surface area (TPSA) is 59.8 Å².